The van der Waals surface area contributed by atoms with Crippen molar-refractivity contribution in [3.05, 3.63) is 16.5 Å². The third kappa shape index (κ3) is 2.93. The van der Waals surface area contributed by atoms with Gasteiger partial charge in [0.05, 0.1) is 11.4 Å². The standard InChI is InChI=1S/C13H21ClN4/c1-4-18-7-5-6-11(18)8-15-13-12(14)16-9(2)10(3)17-13/h11H,4-8H2,1-3H3,(H,15,17). The molecule has 1 fully saturated rings. The number of nitrogens with one attached hydrogen (secondary N) is 1. The number of aromatic nitrogens is 2. The fraction of sp³-hybridized carbons (Fsp3) is 0.692. The van der Waals surface area contributed by atoms with E-state index in [4.69, 9.17) is 11.6 Å². The minimum absolute atomic E-state index is 0.471. The number of nitrogens with zero attached hydrogens (tertiary/aromatic N) is 3. The topological polar surface area (TPSA) is 41.0 Å². The predicted molar refractivity (Wildman–Crippen MR) is 75.3 cm³/mol. The summed E-state index contributed by atoms with van der Waals surface area (Å²) in [6.45, 7) is 9.30. The molecule has 2 rings (SSSR count). The summed E-state index contributed by atoms with van der Waals surface area (Å²) < 4.78 is 0. The van der Waals surface area contributed by atoms with Gasteiger partial charge in [-0.2, -0.15) is 0 Å². The molecule has 0 aliphatic carbocycles. The van der Waals surface area contributed by atoms with Gasteiger partial charge >= 0.3 is 0 Å². The molecule has 18 heavy (non-hydrogen) atoms. The van der Waals surface area contributed by atoms with Gasteiger partial charge in [-0.1, -0.05) is 18.5 Å². The van der Waals surface area contributed by atoms with E-state index in [9.17, 15) is 0 Å². The molecular formula is C13H21ClN4. The highest BCUT2D eigenvalue weighted by Gasteiger charge is 2.22. The maximum Gasteiger partial charge on any atom is 0.171 e. The first-order chi connectivity index (χ1) is 8.61. The maximum absolute atomic E-state index is 6.11. The SMILES string of the molecule is CCN1CCCC1CNc1nc(C)c(C)nc1Cl. The molecular weight excluding hydrogens is 248 g/mol. The third-order valence-electron chi connectivity index (χ3n) is 3.67. The Morgan fingerprint density at radius 1 is 1.33 bits per heavy atom. The molecule has 1 atom stereocenters. The van der Waals surface area contributed by atoms with E-state index in [2.05, 4.69) is 27.1 Å². The summed E-state index contributed by atoms with van der Waals surface area (Å²) in [5.41, 5.74) is 1.82. The molecule has 0 spiro atoms. The van der Waals surface area contributed by atoms with Crippen LogP contribution in [0.4, 0.5) is 5.82 Å². The van der Waals surface area contributed by atoms with Crippen LogP contribution in [0.15, 0.2) is 0 Å². The number of hydrogen-bond donors (Lipinski definition) is 1. The predicted octanol–water partition coefficient (Wildman–Crippen LogP) is 2.64. The molecule has 0 aromatic carbocycles. The molecule has 0 bridgehead atoms. The summed E-state index contributed by atoms with van der Waals surface area (Å²) in [4.78, 5) is 11.2. The van der Waals surface area contributed by atoms with Crippen molar-refractivity contribution in [2.24, 2.45) is 0 Å². The van der Waals surface area contributed by atoms with Gasteiger partial charge in [-0.15, -0.1) is 0 Å². The zero-order chi connectivity index (χ0) is 13.1. The molecule has 1 aromatic rings. The number of halogens is 1. The van der Waals surface area contributed by atoms with Gasteiger partial charge in [-0.05, 0) is 39.8 Å². The van der Waals surface area contributed by atoms with Crippen LogP contribution in [-0.4, -0.2) is 40.5 Å². The van der Waals surface area contributed by atoms with Crippen molar-refractivity contribution < 1.29 is 0 Å². The zero-order valence-corrected chi connectivity index (χ0v) is 12.1. The Kier molecular flexibility index (Phi) is 4.40. The van der Waals surface area contributed by atoms with Crippen LogP contribution in [-0.2, 0) is 0 Å². The second-order valence-corrected chi connectivity index (χ2v) is 5.20. The molecule has 1 aliphatic heterocycles. The fourth-order valence-corrected chi connectivity index (χ4v) is 2.68. The Bertz CT molecular complexity index is 422. The summed E-state index contributed by atoms with van der Waals surface area (Å²) in [6, 6.07) is 0.592. The minimum Gasteiger partial charge on any atom is -0.366 e. The maximum atomic E-state index is 6.11. The van der Waals surface area contributed by atoms with E-state index in [-0.39, 0.29) is 0 Å². The Balaban J connectivity index is 2.00. The molecule has 0 saturated carbocycles. The van der Waals surface area contributed by atoms with Crippen LogP contribution >= 0.6 is 11.6 Å². The van der Waals surface area contributed by atoms with Crippen molar-refractivity contribution in [3.8, 4) is 0 Å². The molecule has 1 saturated heterocycles. The van der Waals surface area contributed by atoms with Crippen molar-refractivity contribution in [1.82, 2.24) is 14.9 Å². The average molecular weight is 269 g/mol. The van der Waals surface area contributed by atoms with Gasteiger partial charge in [0.1, 0.15) is 0 Å². The molecule has 4 nitrogen and oxygen atoms in total. The van der Waals surface area contributed by atoms with E-state index < -0.39 is 0 Å². The first-order valence-corrected chi connectivity index (χ1v) is 6.98. The smallest absolute Gasteiger partial charge is 0.171 e. The molecule has 0 radical (unpaired) electrons. The summed E-state index contributed by atoms with van der Waals surface area (Å²) >= 11 is 6.11. The monoisotopic (exact) mass is 268 g/mol. The van der Waals surface area contributed by atoms with Gasteiger partial charge in [0, 0.05) is 12.6 Å². The fourth-order valence-electron chi connectivity index (χ4n) is 2.45. The van der Waals surface area contributed by atoms with Crippen LogP contribution in [0.25, 0.3) is 0 Å². The van der Waals surface area contributed by atoms with Gasteiger partial charge in [0.25, 0.3) is 0 Å². The second-order valence-electron chi connectivity index (χ2n) is 4.84. The molecule has 100 valence electrons. The Morgan fingerprint density at radius 3 is 2.78 bits per heavy atom. The number of hydrogen-bond acceptors (Lipinski definition) is 4. The minimum atomic E-state index is 0.471. The van der Waals surface area contributed by atoms with Crippen LogP contribution < -0.4 is 5.32 Å². The van der Waals surface area contributed by atoms with Crippen molar-refractivity contribution in [1.29, 1.82) is 0 Å². The van der Waals surface area contributed by atoms with Crippen molar-refractivity contribution in [2.45, 2.75) is 39.7 Å². The lowest BCUT2D eigenvalue weighted by molar-refractivity contribution is 0.277. The zero-order valence-electron chi connectivity index (χ0n) is 11.3. The second kappa shape index (κ2) is 5.85. The Morgan fingerprint density at radius 2 is 2.06 bits per heavy atom. The van der Waals surface area contributed by atoms with Crippen LogP contribution in [0.1, 0.15) is 31.2 Å². The lowest BCUT2D eigenvalue weighted by atomic mass is 10.2. The normalized spacial score (nSPS) is 20.3. The Labute approximate surface area is 114 Å². The highest BCUT2D eigenvalue weighted by molar-refractivity contribution is 6.31. The Hall–Kier alpha value is -0.870. The number of likely N-dealkylation sites (N-methyl/N-ethyl adjacent to an activating group) is 1. The molecule has 5 heteroatoms. The van der Waals surface area contributed by atoms with E-state index in [1.807, 2.05) is 13.8 Å². The largest absolute Gasteiger partial charge is 0.366 e. The summed E-state index contributed by atoms with van der Waals surface area (Å²) in [5.74, 6) is 0.711. The first-order valence-electron chi connectivity index (χ1n) is 6.60. The number of likely N-dealkylation sites (tertiary alicyclic amines) is 1. The molecule has 0 amide bonds. The highest BCUT2D eigenvalue weighted by Crippen LogP contribution is 2.21. The van der Waals surface area contributed by atoms with Gasteiger partial charge < -0.3 is 5.32 Å². The summed E-state index contributed by atoms with van der Waals surface area (Å²) in [5, 5.41) is 3.81. The summed E-state index contributed by atoms with van der Waals surface area (Å²) in [6.07, 6.45) is 2.53. The van der Waals surface area contributed by atoms with E-state index in [1.165, 1.54) is 19.4 Å². The number of rotatable bonds is 4. The average Bonchev–Trinajstić information content (AvgIpc) is 2.79. The number of aryl methyl sites for hydroxylation is 2. The molecule has 2 heterocycles. The van der Waals surface area contributed by atoms with E-state index >= 15 is 0 Å². The lowest BCUT2D eigenvalue weighted by Gasteiger charge is -2.23. The third-order valence-corrected chi connectivity index (χ3v) is 3.94. The van der Waals surface area contributed by atoms with E-state index in [0.29, 0.717) is 17.0 Å². The van der Waals surface area contributed by atoms with Crippen LogP contribution in [0.2, 0.25) is 5.15 Å². The first kappa shape index (κ1) is 13.6. The summed E-state index contributed by atoms with van der Waals surface area (Å²) in [7, 11) is 0. The van der Waals surface area contributed by atoms with Crippen LogP contribution in [0.5, 0.6) is 0 Å². The van der Waals surface area contributed by atoms with Gasteiger partial charge in [-0.25, -0.2) is 9.97 Å². The van der Waals surface area contributed by atoms with E-state index in [0.717, 1.165) is 24.5 Å². The molecule has 1 aromatic heterocycles. The molecule has 1 N–H and O–H groups in total. The molecule has 1 aliphatic rings. The molecule has 1 unspecified atom stereocenters. The van der Waals surface area contributed by atoms with E-state index in [1.54, 1.807) is 0 Å². The van der Waals surface area contributed by atoms with Gasteiger partial charge in [0.15, 0.2) is 11.0 Å². The van der Waals surface area contributed by atoms with Crippen molar-refractivity contribution in [2.75, 3.05) is 25.0 Å². The van der Waals surface area contributed by atoms with Crippen LogP contribution in [0.3, 0.4) is 0 Å². The lowest BCUT2D eigenvalue weighted by Crippen LogP contribution is -2.34. The van der Waals surface area contributed by atoms with Crippen molar-refractivity contribution >= 4 is 17.4 Å². The van der Waals surface area contributed by atoms with Gasteiger partial charge in [0.2, 0.25) is 0 Å². The number of anilines is 1. The highest BCUT2D eigenvalue weighted by atomic mass is 35.5. The van der Waals surface area contributed by atoms with Crippen LogP contribution in [0, 0.1) is 13.8 Å². The van der Waals surface area contributed by atoms with Crippen molar-refractivity contribution in [3.63, 3.8) is 0 Å². The quantitative estimate of drug-likeness (QED) is 0.912. The van der Waals surface area contributed by atoms with Gasteiger partial charge in [-0.3, -0.25) is 4.90 Å².